The molecule has 1 amide bonds. The van der Waals surface area contributed by atoms with Gasteiger partial charge in [0.25, 0.3) is 5.91 Å². The van der Waals surface area contributed by atoms with Crippen molar-refractivity contribution in [2.24, 2.45) is 0 Å². The molecular weight excluding hydrogens is 356 g/mol. The van der Waals surface area contributed by atoms with Gasteiger partial charge in [-0.3, -0.25) is 4.79 Å². The number of para-hydroxylation sites is 1. The van der Waals surface area contributed by atoms with Crippen LogP contribution in [0.1, 0.15) is 21.6 Å². The van der Waals surface area contributed by atoms with Crippen molar-refractivity contribution in [2.45, 2.75) is 13.1 Å². The number of nitrogens with one attached hydrogen (secondary N) is 1. The second kappa shape index (κ2) is 7.68. The molecule has 0 unspecified atom stereocenters. The molecule has 2 aromatic carbocycles. The zero-order valence-corrected chi connectivity index (χ0v) is 15.8. The molecule has 136 valence electrons. The molecule has 4 nitrogen and oxygen atoms in total. The Labute approximate surface area is 162 Å². The third kappa shape index (κ3) is 3.59. The van der Waals surface area contributed by atoms with E-state index in [1.807, 2.05) is 48.5 Å². The van der Waals surface area contributed by atoms with E-state index in [2.05, 4.69) is 33.5 Å². The van der Waals surface area contributed by atoms with Crippen LogP contribution in [0.3, 0.4) is 0 Å². The number of fused-ring (bicyclic) bond motifs is 1. The summed E-state index contributed by atoms with van der Waals surface area (Å²) in [5.74, 6) is 0.693. The van der Waals surface area contributed by atoms with Crippen molar-refractivity contribution >= 4 is 27.5 Å². The summed E-state index contributed by atoms with van der Waals surface area (Å²) in [7, 11) is 1.64. The van der Waals surface area contributed by atoms with Gasteiger partial charge in [-0.25, -0.2) is 0 Å². The smallest absolute Gasteiger partial charge is 0.268 e. The van der Waals surface area contributed by atoms with Crippen molar-refractivity contribution in [1.29, 1.82) is 0 Å². The highest BCUT2D eigenvalue weighted by atomic mass is 32.1. The highest BCUT2D eigenvalue weighted by molar-refractivity contribution is 7.17. The first-order valence-corrected chi connectivity index (χ1v) is 9.65. The van der Waals surface area contributed by atoms with E-state index in [1.165, 1.54) is 5.56 Å². The summed E-state index contributed by atoms with van der Waals surface area (Å²) in [5, 5.41) is 5.09. The predicted octanol–water partition coefficient (Wildman–Crippen LogP) is 4.69. The summed E-state index contributed by atoms with van der Waals surface area (Å²) in [6.45, 7) is 1.09. The number of carbonyl (C=O) groups excluding carboxylic acids is 1. The average Bonchev–Trinajstić information content (AvgIpc) is 3.30. The van der Waals surface area contributed by atoms with Gasteiger partial charge in [0, 0.05) is 18.7 Å². The molecule has 0 saturated carbocycles. The molecule has 0 fully saturated rings. The van der Waals surface area contributed by atoms with Crippen LogP contribution in [-0.4, -0.2) is 17.6 Å². The lowest BCUT2D eigenvalue weighted by molar-refractivity contribution is 0.0942. The van der Waals surface area contributed by atoms with Crippen molar-refractivity contribution in [2.75, 3.05) is 7.11 Å². The third-order valence-corrected chi connectivity index (χ3v) is 5.42. The highest BCUT2D eigenvalue weighted by Gasteiger charge is 2.17. The molecular formula is C22H20N2O2S. The normalized spacial score (nSPS) is 10.9. The van der Waals surface area contributed by atoms with Crippen LogP contribution < -0.4 is 10.1 Å². The quantitative estimate of drug-likeness (QED) is 0.530. The van der Waals surface area contributed by atoms with E-state index in [1.54, 1.807) is 18.4 Å². The SMILES string of the molecule is COc1ccccc1CNC(=O)c1cc2sccc2n1Cc1ccccc1. The van der Waals surface area contributed by atoms with Gasteiger partial charge < -0.3 is 14.6 Å². The summed E-state index contributed by atoms with van der Waals surface area (Å²) in [5.41, 5.74) is 3.89. The van der Waals surface area contributed by atoms with Gasteiger partial charge >= 0.3 is 0 Å². The van der Waals surface area contributed by atoms with E-state index in [9.17, 15) is 4.79 Å². The summed E-state index contributed by atoms with van der Waals surface area (Å²) in [6, 6.07) is 22.0. The lowest BCUT2D eigenvalue weighted by Gasteiger charge is -2.12. The zero-order valence-electron chi connectivity index (χ0n) is 15.0. The van der Waals surface area contributed by atoms with Crippen LogP contribution in [0, 0.1) is 0 Å². The van der Waals surface area contributed by atoms with Gasteiger partial charge in [-0.05, 0) is 29.1 Å². The first kappa shape index (κ1) is 17.4. The van der Waals surface area contributed by atoms with E-state index < -0.39 is 0 Å². The summed E-state index contributed by atoms with van der Waals surface area (Å²) in [4.78, 5) is 12.9. The number of methoxy groups -OCH3 is 1. The van der Waals surface area contributed by atoms with Gasteiger partial charge in [0.15, 0.2) is 0 Å². The van der Waals surface area contributed by atoms with E-state index in [0.717, 1.165) is 21.5 Å². The van der Waals surface area contributed by atoms with E-state index in [-0.39, 0.29) is 5.91 Å². The fraction of sp³-hybridized carbons (Fsp3) is 0.136. The van der Waals surface area contributed by atoms with E-state index >= 15 is 0 Å². The number of nitrogens with zero attached hydrogens (tertiary/aromatic N) is 1. The topological polar surface area (TPSA) is 43.3 Å². The first-order chi connectivity index (χ1) is 13.3. The number of carbonyl (C=O) groups is 1. The molecule has 2 heterocycles. The van der Waals surface area contributed by atoms with Crippen LogP contribution in [0.4, 0.5) is 0 Å². The molecule has 0 spiro atoms. The van der Waals surface area contributed by atoms with Crippen LogP contribution in [-0.2, 0) is 13.1 Å². The van der Waals surface area contributed by atoms with Crippen molar-refractivity contribution in [1.82, 2.24) is 9.88 Å². The fourth-order valence-electron chi connectivity index (χ4n) is 3.22. The molecule has 0 radical (unpaired) electrons. The van der Waals surface area contributed by atoms with Gasteiger partial charge in [0.05, 0.1) is 17.3 Å². The largest absolute Gasteiger partial charge is 0.496 e. The Morgan fingerprint density at radius 1 is 1.07 bits per heavy atom. The van der Waals surface area contributed by atoms with Crippen LogP contribution in [0.5, 0.6) is 5.75 Å². The number of aromatic nitrogens is 1. The molecule has 2 aromatic heterocycles. The maximum absolute atomic E-state index is 12.9. The zero-order chi connectivity index (χ0) is 18.6. The van der Waals surface area contributed by atoms with Crippen LogP contribution in [0.15, 0.2) is 72.1 Å². The third-order valence-electron chi connectivity index (χ3n) is 4.57. The fourth-order valence-corrected chi connectivity index (χ4v) is 4.04. The molecule has 4 aromatic rings. The Kier molecular flexibility index (Phi) is 4.94. The number of hydrogen-bond donors (Lipinski definition) is 1. The molecule has 0 saturated heterocycles. The maximum Gasteiger partial charge on any atom is 0.268 e. The van der Waals surface area contributed by atoms with Crippen molar-refractivity contribution in [3.05, 3.63) is 88.9 Å². The molecule has 4 rings (SSSR count). The Hall–Kier alpha value is -3.05. The number of ether oxygens (including phenoxy) is 1. The lowest BCUT2D eigenvalue weighted by atomic mass is 10.2. The Morgan fingerprint density at radius 2 is 1.85 bits per heavy atom. The summed E-state index contributed by atoms with van der Waals surface area (Å²) < 4.78 is 8.57. The highest BCUT2D eigenvalue weighted by Crippen LogP contribution is 2.26. The van der Waals surface area contributed by atoms with Gasteiger partial charge in [-0.15, -0.1) is 11.3 Å². The molecule has 0 bridgehead atoms. The van der Waals surface area contributed by atoms with Gasteiger partial charge in [0.2, 0.25) is 0 Å². The molecule has 27 heavy (non-hydrogen) atoms. The van der Waals surface area contributed by atoms with E-state index in [4.69, 9.17) is 4.74 Å². The average molecular weight is 376 g/mol. The number of rotatable bonds is 6. The number of hydrogen-bond acceptors (Lipinski definition) is 3. The van der Waals surface area contributed by atoms with E-state index in [0.29, 0.717) is 18.8 Å². The van der Waals surface area contributed by atoms with Gasteiger partial charge in [-0.2, -0.15) is 0 Å². The van der Waals surface area contributed by atoms with Crippen molar-refractivity contribution in [3.8, 4) is 5.75 Å². The summed E-state index contributed by atoms with van der Waals surface area (Å²) >= 11 is 1.65. The molecule has 5 heteroatoms. The van der Waals surface area contributed by atoms with Crippen molar-refractivity contribution < 1.29 is 9.53 Å². The maximum atomic E-state index is 12.9. The number of benzene rings is 2. The Morgan fingerprint density at radius 3 is 2.67 bits per heavy atom. The summed E-state index contributed by atoms with van der Waals surface area (Å²) in [6.07, 6.45) is 0. The molecule has 1 N–H and O–H groups in total. The molecule has 0 atom stereocenters. The number of thiophene rings is 1. The second-order valence-corrected chi connectivity index (χ2v) is 7.21. The minimum atomic E-state index is -0.0831. The minimum absolute atomic E-state index is 0.0831. The second-order valence-electron chi connectivity index (χ2n) is 6.27. The molecule has 0 aliphatic rings. The van der Waals surface area contributed by atoms with Crippen LogP contribution >= 0.6 is 11.3 Å². The van der Waals surface area contributed by atoms with Crippen molar-refractivity contribution in [3.63, 3.8) is 0 Å². The predicted molar refractivity (Wildman–Crippen MR) is 110 cm³/mol. The van der Waals surface area contributed by atoms with Gasteiger partial charge in [-0.1, -0.05) is 48.5 Å². The monoisotopic (exact) mass is 376 g/mol. The van der Waals surface area contributed by atoms with Gasteiger partial charge in [0.1, 0.15) is 11.4 Å². The minimum Gasteiger partial charge on any atom is -0.496 e. The standard InChI is InChI=1S/C22H20N2O2S/c1-26-20-10-6-5-9-17(20)14-23-22(25)19-13-21-18(11-12-27-21)24(19)15-16-7-3-2-4-8-16/h2-13H,14-15H2,1H3,(H,23,25). The Bertz CT molecular complexity index is 1070. The molecule has 0 aliphatic heterocycles. The van der Waals surface area contributed by atoms with Crippen LogP contribution in [0.25, 0.3) is 10.2 Å². The first-order valence-electron chi connectivity index (χ1n) is 8.77. The Balaban J connectivity index is 1.60. The molecule has 0 aliphatic carbocycles. The van der Waals surface area contributed by atoms with Crippen LogP contribution in [0.2, 0.25) is 0 Å². The lowest BCUT2D eigenvalue weighted by Crippen LogP contribution is -2.25. The number of amides is 1.